The number of nitrogens with zero attached hydrogens (tertiary/aromatic N) is 3. The predicted molar refractivity (Wildman–Crippen MR) is 245 cm³/mol. The fourth-order valence-corrected chi connectivity index (χ4v) is 10.4. The minimum absolute atomic E-state index is 0.135. The second-order valence-corrected chi connectivity index (χ2v) is 17.4. The van der Waals surface area contributed by atoms with Crippen molar-refractivity contribution in [3.63, 3.8) is 0 Å². The van der Waals surface area contributed by atoms with Gasteiger partial charge in [0.15, 0.2) is 0 Å². The Bertz CT molecular complexity index is 3530. The van der Waals surface area contributed by atoms with Crippen molar-refractivity contribution in [1.29, 1.82) is 0 Å². The lowest BCUT2D eigenvalue weighted by Gasteiger charge is -2.36. The number of aromatic nitrogens is 3. The molecule has 0 N–H and O–H groups in total. The van der Waals surface area contributed by atoms with Gasteiger partial charge in [0.05, 0.1) is 27.6 Å². The van der Waals surface area contributed by atoms with E-state index in [2.05, 4.69) is 199 Å². The molecule has 3 aromatic heterocycles. The standard InChI is InChI=1S/C53H38BN3O2/c1-53(2,3)31-27-47-49-48(28-31)59-52-40(54(49)39-26-25-32(29-46(39)58-47)56-42-21-11-6-15-33(42)34-16-7-12-22-43(34)56)30-38-37-19-5-10-20-41(37)55(4)50(38)51(52)57-44-23-13-8-17-35(44)36-18-9-14-24-45(36)57/h5-30H,1-4H3. The lowest BCUT2D eigenvalue weighted by Crippen LogP contribution is -2.57. The lowest BCUT2D eigenvalue weighted by molar-refractivity contribution is 0.458. The highest BCUT2D eigenvalue weighted by atomic mass is 16.5. The number of aryl methyl sites for hydroxylation is 1. The van der Waals surface area contributed by atoms with Crippen LogP contribution < -0.4 is 25.9 Å². The van der Waals surface area contributed by atoms with E-state index in [4.69, 9.17) is 9.47 Å². The molecular weight excluding hydrogens is 721 g/mol. The van der Waals surface area contributed by atoms with Crippen LogP contribution in [-0.4, -0.2) is 20.4 Å². The van der Waals surface area contributed by atoms with Crippen LogP contribution in [-0.2, 0) is 12.5 Å². The molecule has 280 valence electrons. The molecule has 6 heteroatoms. The van der Waals surface area contributed by atoms with E-state index in [-0.39, 0.29) is 12.1 Å². The van der Waals surface area contributed by atoms with E-state index in [1.165, 1.54) is 54.4 Å². The van der Waals surface area contributed by atoms with Gasteiger partial charge in [-0.3, -0.25) is 0 Å². The highest BCUT2D eigenvalue weighted by Crippen LogP contribution is 2.46. The number of para-hydroxylation sites is 5. The third-order valence-corrected chi connectivity index (χ3v) is 13.1. The van der Waals surface area contributed by atoms with Crippen molar-refractivity contribution in [1.82, 2.24) is 13.7 Å². The zero-order valence-electron chi connectivity index (χ0n) is 33.2. The molecule has 11 aromatic rings. The van der Waals surface area contributed by atoms with Crippen LogP contribution in [0.1, 0.15) is 26.3 Å². The van der Waals surface area contributed by atoms with Crippen LogP contribution in [0.4, 0.5) is 0 Å². The summed E-state index contributed by atoms with van der Waals surface area (Å²) < 4.78 is 21.7. The summed E-state index contributed by atoms with van der Waals surface area (Å²) in [6, 6.07) is 57.4. The first-order chi connectivity index (χ1) is 28.8. The average molecular weight is 760 g/mol. The maximum Gasteiger partial charge on any atom is 0.260 e. The molecule has 0 saturated carbocycles. The quantitative estimate of drug-likeness (QED) is 0.165. The van der Waals surface area contributed by atoms with E-state index in [0.29, 0.717) is 0 Å². The molecule has 0 aliphatic carbocycles. The molecule has 13 rings (SSSR count). The molecule has 8 aromatic carbocycles. The Labute approximate surface area is 341 Å². The minimum Gasteiger partial charge on any atom is -0.458 e. The third-order valence-electron chi connectivity index (χ3n) is 13.1. The van der Waals surface area contributed by atoms with E-state index >= 15 is 0 Å². The molecule has 0 fully saturated rings. The Morgan fingerprint density at radius 1 is 0.458 bits per heavy atom. The zero-order valence-corrected chi connectivity index (χ0v) is 33.2. The van der Waals surface area contributed by atoms with Crippen molar-refractivity contribution in [2.75, 3.05) is 0 Å². The summed E-state index contributed by atoms with van der Waals surface area (Å²) in [6.07, 6.45) is 0. The van der Waals surface area contributed by atoms with Crippen LogP contribution in [0, 0.1) is 0 Å². The van der Waals surface area contributed by atoms with Crippen molar-refractivity contribution in [3.8, 4) is 34.4 Å². The van der Waals surface area contributed by atoms with Gasteiger partial charge in [0.25, 0.3) is 6.71 Å². The van der Waals surface area contributed by atoms with Gasteiger partial charge >= 0.3 is 0 Å². The predicted octanol–water partition coefficient (Wildman–Crippen LogP) is 11.6. The summed E-state index contributed by atoms with van der Waals surface area (Å²) in [4.78, 5) is 0. The highest BCUT2D eigenvalue weighted by molar-refractivity contribution is 6.98. The normalized spacial score (nSPS) is 13.3. The van der Waals surface area contributed by atoms with Gasteiger partial charge in [-0.25, -0.2) is 0 Å². The van der Waals surface area contributed by atoms with Crippen LogP contribution in [0.2, 0.25) is 0 Å². The number of hydrogen-bond donors (Lipinski definition) is 0. The van der Waals surface area contributed by atoms with Gasteiger partial charge in [0, 0.05) is 62.1 Å². The van der Waals surface area contributed by atoms with E-state index in [1.54, 1.807) is 0 Å². The molecular formula is C53H38BN3O2. The molecule has 0 radical (unpaired) electrons. The monoisotopic (exact) mass is 759 g/mol. The van der Waals surface area contributed by atoms with Crippen molar-refractivity contribution in [2.45, 2.75) is 26.2 Å². The molecule has 59 heavy (non-hydrogen) atoms. The summed E-state index contributed by atoms with van der Waals surface area (Å²) in [5.74, 6) is 3.44. The van der Waals surface area contributed by atoms with Gasteiger partial charge in [-0.1, -0.05) is 124 Å². The van der Waals surface area contributed by atoms with Crippen molar-refractivity contribution in [2.24, 2.45) is 7.05 Å². The fraction of sp³-hybridized carbons (Fsp3) is 0.0943. The molecule has 0 saturated heterocycles. The largest absolute Gasteiger partial charge is 0.458 e. The first-order valence-electron chi connectivity index (χ1n) is 20.5. The number of hydrogen-bond acceptors (Lipinski definition) is 2. The Morgan fingerprint density at radius 2 is 0.949 bits per heavy atom. The van der Waals surface area contributed by atoms with Gasteiger partial charge in [-0.15, -0.1) is 0 Å². The topological polar surface area (TPSA) is 33.2 Å². The van der Waals surface area contributed by atoms with Gasteiger partial charge in [-0.05, 0) is 70.4 Å². The zero-order chi connectivity index (χ0) is 39.3. The van der Waals surface area contributed by atoms with Crippen LogP contribution in [0.25, 0.3) is 76.8 Å². The van der Waals surface area contributed by atoms with E-state index in [9.17, 15) is 0 Å². The maximum absolute atomic E-state index is 7.45. The first kappa shape index (κ1) is 32.9. The van der Waals surface area contributed by atoms with Crippen LogP contribution in [0.3, 0.4) is 0 Å². The molecule has 5 heterocycles. The van der Waals surface area contributed by atoms with Gasteiger partial charge in [-0.2, -0.15) is 0 Å². The van der Waals surface area contributed by atoms with Gasteiger partial charge in [0.2, 0.25) is 0 Å². The van der Waals surface area contributed by atoms with E-state index < -0.39 is 0 Å². The third kappa shape index (κ3) is 4.35. The Hall–Kier alpha value is -7.18. The maximum atomic E-state index is 7.45. The molecule has 2 aliphatic rings. The summed E-state index contributed by atoms with van der Waals surface area (Å²) >= 11 is 0. The molecule has 0 spiro atoms. The van der Waals surface area contributed by atoms with Crippen LogP contribution in [0.15, 0.2) is 158 Å². The number of benzene rings is 8. The highest BCUT2D eigenvalue weighted by Gasteiger charge is 2.43. The SMILES string of the molecule is Cn1c2ccccc2c2cc3c(c(-n4c5ccccc5c5ccccc54)c21)Oc1cc(C(C)(C)C)cc2c1B3c1ccc(-n3c4ccccc4c4ccccc43)cc1O2. The summed E-state index contributed by atoms with van der Waals surface area (Å²) in [5.41, 5.74) is 13.5. The Balaban J connectivity index is 1.16. The summed E-state index contributed by atoms with van der Waals surface area (Å²) in [5, 5.41) is 7.33. The fourth-order valence-electron chi connectivity index (χ4n) is 10.4. The van der Waals surface area contributed by atoms with Gasteiger partial charge < -0.3 is 23.2 Å². The van der Waals surface area contributed by atoms with Crippen LogP contribution in [0.5, 0.6) is 23.0 Å². The molecule has 0 bridgehead atoms. The second-order valence-electron chi connectivity index (χ2n) is 17.4. The number of rotatable bonds is 2. The molecule has 5 nitrogen and oxygen atoms in total. The Kier molecular flexibility index (Phi) is 6.40. The average Bonchev–Trinajstić information content (AvgIpc) is 3.87. The smallest absolute Gasteiger partial charge is 0.260 e. The summed E-state index contributed by atoms with van der Waals surface area (Å²) in [6.45, 7) is 6.64. The van der Waals surface area contributed by atoms with Crippen LogP contribution >= 0.6 is 0 Å². The Morgan fingerprint density at radius 3 is 1.51 bits per heavy atom. The van der Waals surface area contributed by atoms with Crippen molar-refractivity contribution >= 4 is 88.5 Å². The van der Waals surface area contributed by atoms with E-state index in [1.807, 2.05) is 0 Å². The van der Waals surface area contributed by atoms with Crippen molar-refractivity contribution < 1.29 is 9.47 Å². The lowest BCUT2D eigenvalue weighted by atomic mass is 9.34. The van der Waals surface area contributed by atoms with Gasteiger partial charge in [0.1, 0.15) is 28.7 Å². The number of fused-ring (bicyclic) bond motifs is 13. The molecule has 0 amide bonds. The minimum atomic E-state index is -0.144. The summed E-state index contributed by atoms with van der Waals surface area (Å²) in [7, 11) is 2.20. The first-order valence-corrected chi connectivity index (χ1v) is 20.5. The molecule has 0 atom stereocenters. The number of ether oxygens (including phenoxy) is 2. The second kappa shape index (κ2) is 11.5. The van der Waals surface area contributed by atoms with Crippen molar-refractivity contribution in [3.05, 3.63) is 163 Å². The molecule has 0 unspecified atom stereocenters. The molecule has 2 aliphatic heterocycles. The van der Waals surface area contributed by atoms with E-state index in [0.717, 1.165) is 67.3 Å².